The third-order valence-electron chi connectivity index (χ3n) is 3.36. The Hall–Kier alpha value is -3.00. The fraction of sp³-hybridized carbons (Fsp3) is 0.125. The number of urea groups is 1. The summed E-state index contributed by atoms with van der Waals surface area (Å²) in [6, 6.07) is 14.3. The number of nitriles is 1. The number of nitrogens with zero attached hydrogens (tertiary/aromatic N) is 1. The van der Waals surface area contributed by atoms with Crippen molar-refractivity contribution in [1.82, 2.24) is 0 Å². The number of amides is 2. The molecule has 3 N–H and O–H groups in total. The fourth-order valence-corrected chi connectivity index (χ4v) is 2.41. The molecule has 0 aliphatic carbocycles. The van der Waals surface area contributed by atoms with E-state index in [1.807, 2.05) is 24.3 Å². The Bertz CT molecular complexity index is 733. The fourth-order valence-electron chi connectivity index (χ4n) is 2.41. The third-order valence-corrected chi connectivity index (χ3v) is 3.36. The lowest BCUT2D eigenvalue weighted by Gasteiger charge is -2.11. The van der Waals surface area contributed by atoms with Crippen molar-refractivity contribution in [2.45, 2.75) is 6.42 Å². The number of hydrogen-bond donors (Lipinski definition) is 3. The van der Waals surface area contributed by atoms with Crippen LogP contribution in [0.5, 0.6) is 0 Å². The highest BCUT2D eigenvalue weighted by Crippen LogP contribution is 2.29. The van der Waals surface area contributed by atoms with Gasteiger partial charge in [-0.25, -0.2) is 4.79 Å². The first-order valence-corrected chi connectivity index (χ1v) is 6.70. The molecule has 104 valence electrons. The Morgan fingerprint density at radius 2 is 2.05 bits per heavy atom. The first-order valence-electron chi connectivity index (χ1n) is 6.70. The molecule has 1 heterocycles. The molecule has 5 heteroatoms. The minimum Gasteiger partial charge on any atom is -0.384 e. The Morgan fingerprint density at radius 3 is 2.90 bits per heavy atom. The van der Waals surface area contributed by atoms with Crippen LogP contribution >= 0.6 is 0 Å². The molecule has 2 amide bonds. The van der Waals surface area contributed by atoms with Gasteiger partial charge in [-0.2, -0.15) is 5.26 Å². The zero-order chi connectivity index (χ0) is 14.7. The molecule has 0 bridgehead atoms. The Kier molecular flexibility index (Phi) is 3.44. The van der Waals surface area contributed by atoms with E-state index in [0.717, 1.165) is 29.9 Å². The lowest BCUT2D eigenvalue weighted by molar-refractivity contribution is 0.262. The van der Waals surface area contributed by atoms with E-state index in [1.165, 1.54) is 0 Å². The molecule has 0 saturated heterocycles. The van der Waals surface area contributed by atoms with Crippen molar-refractivity contribution in [1.29, 1.82) is 5.26 Å². The minimum absolute atomic E-state index is 0.314. The molecule has 0 radical (unpaired) electrons. The van der Waals surface area contributed by atoms with E-state index in [-0.39, 0.29) is 6.03 Å². The highest BCUT2D eigenvalue weighted by molar-refractivity contribution is 6.00. The number of benzene rings is 2. The van der Waals surface area contributed by atoms with Gasteiger partial charge in [0.15, 0.2) is 0 Å². The van der Waals surface area contributed by atoms with Gasteiger partial charge in [-0.1, -0.05) is 12.1 Å². The van der Waals surface area contributed by atoms with Gasteiger partial charge in [0.05, 0.1) is 11.6 Å². The predicted molar refractivity (Wildman–Crippen MR) is 82.4 cm³/mol. The lowest BCUT2D eigenvalue weighted by Crippen LogP contribution is -2.20. The maximum absolute atomic E-state index is 12.1. The molecule has 0 aromatic heterocycles. The van der Waals surface area contributed by atoms with Gasteiger partial charge < -0.3 is 16.0 Å². The van der Waals surface area contributed by atoms with Crippen LogP contribution in [0.3, 0.4) is 0 Å². The molecule has 0 spiro atoms. The highest BCUT2D eigenvalue weighted by atomic mass is 16.2. The lowest BCUT2D eigenvalue weighted by atomic mass is 10.1. The molecule has 2 aromatic rings. The number of rotatable bonds is 2. The molecule has 1 aliphatic heterocycles. The average Bonchev–Trinajstić information content (AvgIpc) is 2.97. The number of carbonyl (C=O) groups is 1. The summed E-state index contributed by atoms with van der Waals surface area (Å²) >= 11 is 0. The van der Waals surface area contributed by atoms with Crippen molar-refractivity contribution < 1.29 is 4.79 Å². The first-order chi connectivity index (χ1) is 10.3. The maximum Gasteiger partial charge on any atom is 0.323 e. The Morgan fingerprint density at radius 1 is 1.19 bits per heavy atom. The van der Waals surface area contributed by atoms with Gasteiger partial charge in [0.25, 0.3) is 0 Å². The van der Waals surface area contributed by atoms with E-state index >= 15 is 0 Å². The van der Waals surface area contributed by atoms with E-state index in [9.17, 15) is 4.79 Å². The molecule has 0 unspecified atom stereocenters. The normalized spacial score (nSPS) is 12.0. The van der Waals surface area contributed by atoms with Crippen LogP contribution in [0.1, 0.15) is 11.1 Å². The van der Waals surface area contributed by atoms with Crippen molar-refractivity contribution in [3.8, 4) is 6.07 Å². The number of anilines is 3. The summed E-state index contributed by atoms with van der Waals surface area (Å²) in [5.74, 6) is 0. The van der Waals surface area contributed by atoms with Crippen LogP contribution < -0.4 is 16.0 Å². The van der Waals surface area contributed by atoms with E-state index in [2.05, 4.69) is 16.0 Å². The van der Waals surface area contributed by atoms with Crippen LogP contribution in [-0.2, 0) is 6.42 Å². The maximum atomic E-state index is 12.1. The van der Waals surface area contributed by atoms with Crippen LogP contribution in [-0.4, -0.2) is 12.6 Å². The first kappa shape index (κ1) is 13.0. The van der Waals surface area contributed by atoms with Gasteiger partial charge in [0, 0.05) is 29.2 Å². The van der Waals surface area contributed by atoms with Crippen LogP contribution in [0.15, 0.2) is 42.5 Å². The quantitative estimate of drug-likeness (QED) is 0.789. The Labute approximate surface area is 122 Å². The van der Waals surface area contributed by atoms with Crippen molar-refractivity contribution >= 4 is 23.1 Å². The van der Waals surface area contributed by atoms with Gasteiger partial charge in [-0.3, -0.25) is 0 Å². The number of carbonyl (C=O) groups excluding carboxylic acids is 1. The summed E-state index contributed by atoms with van der Waals surface area (Å²) in [5.41, 5.74) is 4.11. The largest absolute Gasteiger partial charge is 0.384 e. The second kappa shape index (κ2) is 5.55. The molecule has 0 fully saturated rings. The third kappa shape index (κ3) is 2.79. The molecular formula is C16H14N4O. The van der Waals surface area contributed by atoms with Crippen LogP contribution in [0.25, 0.3) is 0 Å². The zero-order valence-corrected chi connectivity index (χ0v) is 11.3. The van der Waals surface area contributed by atoms with E-state index < -0.39 is 0 Å². The summed E-state index contributed by atoms with van der Waals surface area (Å²) < 4.78 is 0. The van der Waals surface area contributed by atoms with Crippen molar-refractivity contribution in [3.63, 3.8) is 0 Å². The van der Waals surface area contributed by atoms with Gasteiger partial charge in [-0.15, -0.1) is 0 Å². The van der Waals surface area contributed by atoms with E-state index in [4.69, 9.17) is 5.26 Å². The molecule has 21 heavy (non-hydrogen) atoms. The number of hydrogen-bond acceptors (Lipinski definition) is 3. The summed E-state index contributed by atoms with van der Waals surface area (Å²) in [6.45, 7) is 0.889. The molecule has 0 saturated carbocycles. The Balaban J connectivity index is 1.73. The second-order valence-electron chi connectivity index (χ2n) is 4.78. The summed E-state index contributed by atoms with van der Waals surface area (Å²) in [4.78, 5) is 12.1. The van der Waals surface area contributed by atoms with Crippen molar-refractivity contribution in [2.75, 3.05) is 22.5 Å². The second-order valence-corrected chi connectivity index (χ2v) is 4.78. The van der Waals surface area contributed by atoms with Crippen LogP contribution in [0.2, 0.25) is 0 Å². The molecule has 5 nitrogen and oxygen atoms in total. The predicted octanol–water partition coefficient (Wildman–Crippen LogP) is 3.17. The van der Waals surface area contributed by atoms with Gasteiger partial charge in [0.2, 0.25) is 0 Å². The van der Waals surface area contributed by atoms with Crippen LogP contribution in [0, 0.1) is 11.3 Å². The SMILES string of the molecule is N#Cc1cccc(NC(=O)Nc2cccc3c2CCN3)c1. The van der Waals surface area contributed by atoms with Gasteiger partial charge in [0.1, 0.15) is 0 Å². The summed E-state index contributed by atoms with van der Waals surface area (Å²) in [5, 5.41) is 17.7. The molecule has 3 rings (SSSR count). The van der Waals surface area contributed by atoms with Gasteiger partial charge >= 0.3 is 6.03 Å². The van der Waals surface area contributed by atoms with E-state index in [0.29, 0.717) is 11.3 Å². The molecular weight excluding hydrogens is 264 g/mol. The molecule has 1 aliphatic rings. The van der Waals surface area contributed by atoms with Crippen LogP contribution in [0.4, 0.5) is 21.9 Å². The van der Waals surface area contributed by atoms with E-state index in [1.54, 1.807) is 24.3 Å². The van der Waals surface area contributed by atoms with Crippen molar-refractivity contribution in [2.24, 2.45) is 0 Å². The number of nitrogens with one attached hydrogen (secondary N) is 3. The summed E-state index contributed by atoms with van der Waals surface area (Å²) in [6.07, 6.45) is 0.899. The standard InChI is InChI=1S/C16H14N4O/c17-10-11-3-1-4-12(9-11)19-16(21)20-15-6-2-5-14-13(15)7-8-18-14/h1-6,9,18H,7-8H2,(H2,19,20,21). The number of fused-ring (bicyclic) bond motifs is 1. The molecule has 0 atom stereocenters. The zero-order valence-electron chi connectivity index (χ0n) is 11.3. The smallest absolute Gasteiger partial charge is 0.323 e. The van der Waals surface area contributed by atoms with Gasteiger partial charge in [-0.05, 0) is 36.8 Å². The topological polar surface area (TPSA) is 77.0 Å². The average molecular weight is 278 g/mol. The molecule has 2 aromatic carbocycles. The minimum atomic E-state index is -0.314. The monoisotopic (exact) mass is 278 g/mol. The summed E-state index contributed by atoms with van der Waals surface area (Å²) in [7, 11) is 0. The highest BCUT2D eigenvalue weighted by Gasteiger charge is 2.15. The van der Waals surface area contributed by atoms with Crippen molar-refractivity contribution in [3.05, 3.63) is 53.6 Å².